The summed E-state index contributed by atoms with van der Waals surface area (Å²) in [4.78, 5) is 43.5. The van der Waals surface area contributed by atoms with Gasteiger partial charge in [-0.3, -0.25) is 9.59 Å². The minimum atomic E-state index is -3.69. The summed E-state index contributed by atoms with van der Waals surface area (Å²) in [6, 6.07) is 5.75. The van der Waals surface area contributed by atoms with Crippen molar-refractivity contribution < 1.29 is 37.0 Å². The molecule has 2 fully saturated rings. The number of anilines is 1. The van der Waals surface area contributed by atoms with Crippen molar-refractivity contribution in [2.75, 3.05) is 71.1 Å². The van der Waals surface area contributed by atoms with Gasteiger partial charge in [0.15, 0.2) is 0 Å². The van der Waals surface area contributed by atoms with E-state index in [1.54, 1.807) is 16.7 Å². The van der Waals surface area contributed by atoms with Crippen molar-refractivity contribution in [3.63, 3.8) is 0 Å². The number of carbonyl (C=O) groups excluding carboxylic acids is 3. The SMILES string of the molecule is CCOC(=O)N1CCc2c(sc(NC(=O)c3ccc(S(=O)(=O)N4CCOCC4)cc3)c2C(=O)N2CCOCC2)C1. The van der Waals surface area contributed by atoms with Crippen LogP contribution >= 0.6 is 11.3 Å². The van der Waals surface area contributed by atoms with Gasteiger partial charge >= 0.3 is 6.09 Å². The second-order valence-electron chi connectivity index (χ2n) is 9.48. The second-order valence-corrected chi connectivity index (χ2v) is 12.5. The molecule has 1 N–H and O–H groups in total. The zero-order valence-electron chi connectivity index (χ0n) is 22.2. The van der Waals surface area contributed by atoms with Gasteiger partial charge in [-0.05, 0) is 43.2 Å². The van der Waals surface area contributed by atoms with E-state index in [2.05, 4.69) is 5.32 Å². The van der Waals surface area contributed by atoms with Crippen LogP contribution in [0.4, 0.5) is 9.80 Å². The summed E-state index contributed by atoms with van der Waals surface area (Å²) in [6.07, 6.45) is 0.0420. The number of sulfonamides is 1. The predicted octanol–water partition coefficient (Wildman–Crippen LogP) is 2.01. The fourth-order valence-corrected chi connectivity index (χ4v) is 7.56. The maximum Gasteiger partial charge on any atom is 0.410 e. The molecule has 40 heavy (non-hydrogen) atoms. The summed E-state index contributed by atoms with van der Waals surface area (Å²) in [7, 11) is -3.69. The molecule has 0 saturated carbocycles. The molecule has 3 aliphatic rings. The van der Waals surface area contributed by atoms with Crippen LogP contribution in [0.2, 0.25) is 0 Å². The van der Waals surface area contributed by atoms with Gasteiger partial charge in [-0.1, -0.05) is 0 Å². The van der Waals surface area contributed by atoms with Crippen LogP contribution in [0.1, 0.15) is 38.1 Å². The molecule has 0 aliphatic carbocycles. The maximum atomic E-state index is 13.6. The van der Waals surface area contributed by atoms with Gasteiger partial charge in [0.25, 0.3) is 11.8 Å². The summed E-state index contributed by atoms with van der Waals surface area (Å²) in [6.45, 7) is 5.72. The largest absolute Gasteiger partial charge is 0.450 e. The van der Waals surface area contributed by atoms with Gasteiger partial charge < -0.3 is 29.3 Å². The van der Waals surface area contributed by atoms with Crippen LogP contribution in [-0.4, -0.2) is 106 Å². The summed E-state index contributed by atoms with van der Waals surface area (Å²) >= 11 is 1.27. The van der Waals surface area contributed by atoms with Crippen molar-refractivity contribution >= 4 is 44.3 Å². The van der Waals surface area contributed by atoms with Gasteiger partial charge in [0.2, 0.25) is 10.0 Å². The van der Waals surface area contributed by atoms with Crippen molar-refractivity contribution in [3.8, 4) is 0 Å². The number of benzene rings is 1. The molecule has 12 nitrogen and oxygen atoms in total. The number of nitrogens with one attached hydrogen (secondary N) is 1. The average molecular weight is 593 g/mol. The molecule has 4 heterocycles. The molecular formula is C26H32N4O8S2. The molecule has 0 bridgehead atoms. The van der Waals surface area contributed by atoms with Crippen molar-refractivity contribution in [1.29, 1.82) is 0 Å². The van der Waals surface area contributed by atoms with Crippen LogP contribution in [0.5, 0.6) is 0 Å². The van der Waals surface area contributed by atoms with Gasteiger partial charge in [0.05, 0.1) is 50.0 Å². The Bertz CT molecular complexity index is 1360. The van der Waals surface area contributed by atoms with E-state index in [4.69, 9.17) is 14.2 Å². The molecule has 1 aromatic carbocycles. The zero-order valence-corrected chi connectivity index (χ0v) is 23.9. The van der Waals surface area contributed by atoms with Gasteiger partial charge in [-0.2, -0.15) is 4.31 Å². The van der Waals surface area contributed by atoms with Gasteiger partial charge in [-0.25, -0.2) is 13.2 Å². The van der Waals surface area contributed by atoms with Crippen LogP contribution in [-0.2, 0) is 37.2 Å². The van der Waals surface area contributed by atoms with Crippen LogP contribution in [0.25, 0.3) is 0 Å². The molecule has 0 spiro atoms. The Morgan fingerprint density at radius 1 is 0.950 bits per heavy atom. The summed E-state index contributed by atoms with van der Waals surface area (Å²) < 4.78 is 43.0. The molecule has 0 unspecified atom stereocenters. The van der Waals surface area contributed by atoms with E-state index < -0.39 is 22.0 Å². The summed E-state index contributed by atoms with van der Waals surface area (Å²) in [5, 5.41) is 3.29. The van der Waals surface area contributed by atoms with Crippen LogP contribution in [0, 0.1) is 0 Å². The lowest BCUT2D eigenvalue weighted by atomic mass is 10.0. The topological polar surface area (TPSA) is 135 Å². The lowest BCUT2D eigenvalue weighted by molar-refractivity contribution is 0.0303. The fraction of sp³-hybridized carbons (Fsp3) is 0.500. The fourth-order valence-electron chi connectivity index (χ4n) is 4.90. The lowest BCUT2D eigenvalue weighted by Gasteiger charge is -2.29. The number of hydrogen-bond donors (Lipinski definition) is 1. The predicted molar refractivity (Wildman–Crippen MR) is 146 cm³/mol. The Balaban J connectivity index is 1.39. The highest BCUT2D eigenvalue weighted by molar-refractivity contribution is 7.89. The van der Waals surface area contributed by atoms with Gasteiger partial charge in [0.1, 0.15) is 5.00 Å². The summed E-state index contributed by atoms with van der Waals surface area (Å²) in [5.41, 5.74) is 1.51. The first-order valence-electron chi connectivity index (χ1n) is 13.2. The molecule has 0 atom stereocenters. The second kappa shape index (κ2) is 12.2. The Labute approximate surface area is 236 Å². The van der Waals surface area contributed by atoms with Crippen molar-refractivity contribution in [3.05, 3.63) is 45.8 Å². The molecule has 216 valence electrons. The number of morpholine rings is 2. The molecule has 14 heteroatoms. The van der Waals surface area contributed by atoms with Crippen molar-refractivity contribution in [2.45, 2.75) is 24.8 Å². The summed E-state index contributed by atoms with van der Waals surface area (Å²) in [5.74, 6) is -0.653. The molecule has 3 aliphatic heterocycles. The molecule has 5 rings (SSSR count). The van der Waals surface area contributed by atoms with E-state index in [-0.39, 0.29) is 42.6 Å². The molecule has 1 aromatic heterocycles. The number of ether oxygens (including phenoxy) is 3. The highest BCUT2D eigenvalue weighted by atomic mass is 32.2. The lowest BCUT2D eigenvalue weighted by Crippen LogP contribution is -2.41. The van der Waals surface area contributed by atoms with E-state index in [9.17, 15) is 22.8 Å². The number of fused-ring (bicyclic) bond motifs is 1. The maximum absolute atomic E-state index is 13.6. The van der Waals surface area contributed by atoms with Gasteiger partial charge in [0, 0.05) is 43.2 Å². The van der Waals surface area contributed by atoms with E-state index in [0.29, 0.717) is 63.0 Å². The Kier molecular flexibility index (Phi) is 8.71. The zero-order chi connectivity index (χ0) is 28.3. The smallest absolute Gasteiger partial charge is 0.410 e. The standard InChI is InChI=1S/C26H32N4O8S2/c1-2-38-26(33)29-8-7-20-21(17-29)39-24(22(20)25(32)28-9-13-36-14-10-28)27-23(31)18-3-5-19(6-4-18)40(34,35)30-11-15-37-16-12-30/h3-6H,2,7-17H2,1H3,(H,27,31). The third-order valence-electron chi connectivity index (χ3n) is 7.05. The van der Waals surface area contributed by atoms with E-state index in [1.165, 1.54) is 39.9 Å². The molecule has 0 radical (unpaired) electrons. The molecule has 2 aromatic rings. The van der Waals surface area contributed by atoms with Crippen molar-refractivity contribution in [2.24, 2.45) is 0 Å². The third kappa shape index (κ3) is 5.86. The number of rotatable bonds is 6. The minimum Gasteiger partial charge on any atom is -0.450 e. The van der Waals surface area contributed by atoms with Gasteiger partial charge in [-0.15, -0.1) is 11.3 Å². The molecule has 3 amide bonds. The van der Waals surface area contributed by atoms with E-state index in [1.807, 2.05) is 0 Å². The Morgan fingerprint density at radius 3 is 2.25 bits per heavy atom. The number of amides is 3. The number of nitrogens with zero attached hydrogens (tertiary/aromatic N) is 3. The molecule has 2 saturated heterocycles. The molecular weight excluding hydrogens is 560 g/mol. The first-order valence-corrected chi connectivity index (χ1v) is 15.5. The number of hydrogen-bond acceptors (Lipinski definition) is 9. The normalized spacial score (nSPS) is 18.2. The average Bonchev–Trinajstić information content (AvgIpc) is 3.34. The van der Waals surface area contributed by atoms with Crippen LogP contribution in [0.15, 0.2) is 29.2 Å². The van der Waals surface area contributed by atoms with E-state index >= 15 is 0 Å². The Hall–Kier alpha value is -3.04. The minimum absolute atomic E-state index is 0.0970. The van der Waals surface area contributed by atoms with E-state index in [0.717, 1.165) is 10.4 Å². The highest BCUT2D eigenvalue weighted by Crippen LogP contribution is 2.38. The highest BCUT2D eigenvalue weighted by Gasteiger charge is 2.33. The quantitative estimate of drug-likeness (QED) is 0.539. The Morgan fingerprint density at radius 2 is 1.60 bits per heavy atom. The number of carbonyl (C=O) groups is 3. The van der Waals surface area contributed by atoms with Crippen LogP contribution in [0.3, 0.4) is 0 Å². The monoisotopic (exact) mass is 592 g/mol. The first kappa shape index (κ1) is 28.5. The van der Waals surface area contributed by atoms with Crippen molar-refractivity contribution in [1.82, 2.24) is 14.1 Å². The van der Waals surface area contributed by atoms with Crippen LogP contribution < -0.4 is 5.32 Å². The first-order chi connectivity index (χ1) is 19.3. The third-order valence-corrected chi connectivity index (χ3v) is 10.1. The number of thiophene rings is 1.